The molecule has 1 atom stereocenters. The number of hydrogen-bond donors (Lipinski definition) is 0. The zero-order valence-corrected chi connectivity index (χ0v) is 19.5. The number of rotatable bonds is 5. The van der Waals surface area contributed by atoms with Crippen molar-refractivity contribution in [2.45, 2.75) is 12.5 Å². The van der Waals surface area contributed by atoms with Gasteiger partial charge in [0.15, 0.2) is 0 Å². The normalized spacial score (nSPS) is 17.2. The molecule has 1 aliphatic heterocycles. The van der Waals surface area contributed by atoms with Crippen LogP contribution >= 0.6 is 11.6 Å². The molecular weight excluding hydrogens is 496 g/mol. The van der Waals surface area contributed by atoms with Crippen LogP contribution in [0.5, 0.6) is 5.88 Å². The van der Waals surface area contributed by atoms with Crippen LogP contribution in [0.3, 0.4) is 0 Å². The second kappa shape index (κ2) is 9.32. The predicted molar refractivity (Wildman–Crippen MR) is 130 cm³/mol. The van der Waals surface area contributed by atoms with Gasteiger partial charge in [-0.2, -0.15) is 4.98 Å². The number of pyridine rings is 2. The van der Waals surface area contributed by atoms with Crippen LogP contribution in [-0.2, 0) is 4.74 Å². The first-order valence-electron chi connectivity index (χ1n) is 12.2. The number of ether oxygens (including phenoxy) is 2. The Morgan fingerprint density at radius 3 is 2.69 bits per heavy atom. The fourth-order valence-electron chi connectivity index (χ4n) is 4.24. The van der Waals surface area contributed by atoms with E-state index in [1.807, 2.05) is 0 Å². The number of halogens is 3. The highest BCUT2D eigenvalue weighted by Gasteiger charge is 2.27. The van der Waals surface area contributed by atoms with Gasteiger partial charge in [0.1, 0.15) is 22.8 Å². The maximum Gasteiger partial charge on any atom is 0.340 e. The van der Waals surface area contributed by atoms with Crippen LogP contribution in [-0.4, -0.2) is 52.4 Å². The summed E-state index contributed by atoms with van der Waals surface area (Å²) >= 11 is 6.01. The summed E-state index contributed by atoms with van der Waals surface area (Å²) in [5.41, 5.74) is -1.75. The maximum absolute atomic E-state index is 14.0. The second-order valence-corrected chi connectivity index (χ2v) is 8.48. The molecule has 4 aromatic rings. The third-order valence-corrected chi connectivity index (χ3v) is 6.22. The van der Waals surface area contributed by atoms with Crippen molar-refractivity contribution < 1.29 is 22.4 Å². The Balaban J connectivity index is 1.79. The van der Waals surface area contributed by atoms with E-state index >= 15 is 0 Å². The van der Waals surface area contributed by atoms with E-state index in [9.17, 15) is 18.4 Å². The molecule has 0 spiro atoms. The largest absolute Gasteiger partial charge is 0.480 e. The van der Waals surface area contributed by atoms with Crippen molar-refractivity contribution in [3.63, 3.8) is 0 Å². The maximum atomic E-state index is 14.0. The smallest absolute Gasteiger partial charge is 0.340 e. The zero-order valence-electron chi connectivity index (χ0n) is 21.7. The van der Waals surface area contributed by atoms with Gasteiger partial charge in [0.2, 0.25) is 5.88 Å². The second-order valence-electron chi connectivity index (χ2n) is 8.08. The minimum atomic E-state index is -2.58. The Morgan fingerprint density at radius 2 is 1.97 bits per heavy atom. The highest BCUT2D eigenvalue weighted by atomic mass is 35.5. The molecule has 1 saturated heterocycles. The highest BCUT2D eigenvalue weighted by molar-refractivity contribution is 6.30. The van der Waals surface area contributed by atoms with Crippen LogP contribution < -0.4 is 20.9 Å². The molecule has 0 N–H and O–H groups in total. The lowest BCUT2D eigenvalue weighted by atomic mass is 10.2. The van der Waals surface area contributed by atoms with E-state index in [4.69, 9.17) is 25.2 Å². The third kappa shape index (κ3) is 3.99. The Hall–Kier alpha value is -3.83. The highest BCUT2D eigenvalue weighted by Crippen LogP contribution is 2.30. The van der Waals surface area contributed by atoms with Gasteiger partial charge in [-0.1, -0.05) is 11.6 Å². The first-order valence-corrected chi connectivity index (χ1v) is 11.1. The number of methoxy groups -OCH3 is 2. The van der Waals surface area contributed by atoms with Gasteiger partial charge in [-0.25, -0.2) is 18.1 Å². The molecule has 3 aromatic heterocycles. The predicted octanol–water partition coefficient (Wildman–Crippen LogP) is 3.10. The summed E-state index contributed by atoms with van der Waals surface area (Å²) in [7, 11) is -1.29. The molecule has 0 amide bonds. The first-order chi connectivity index (χ1) is 18.5. The lowest BCUT2D eigenvalue weighted by Gasteiger charge is -2.21. The van der Waals surface area contributed by atoms with E-state index in [1.54, 1.807) is 4.90 Å². The van der Waals surface area contributed by atoms with Gasteiger partial charge >= 0.3 is 5.69 Å². The number of anilines is 1. The molecule has 4 heterocycles. The van der Waals surface area contributed by atoms with Crippen molar-refractivity contribution in [1.82, 2.24) is 19.1 Å². The number of nitrogens with zero attached hydrogens (tertiary/aromatic N) is 5. The Bertz CT molecular complexity index is 1710. The SMILES string of the molecule is [2H]C([2H])([2H])O[C@@H]1CCN(c2cc3c(c(OC)n2)c(=O)n(-c2cncc(F)c2)c(=O)n3-c2ccc(F)c(Cl)c2)C1. The number of aromatic nitrogens is 4. The molecular formula is C24H20ClF2N5O4. The summed E-state index contributed by atoms with van der Waals surface area (Å²) < 4.78 is 62.5. The van der Waals surface area contributed by atoms with Gasteiger partial charge < -0.3 is 14.4 Å². The van der Waals surface area contributed by atoms with Crippen molar-refractivity contribution in [3.05, 3.63) is 80.2 Å². The Morgan fingerprint density at radius 1 is 1.14 bits per heavy atom. The van der Waals surface area contributed by atoms with E-state index in [2.05, 4.69) is 9.97 Å². The van der Waals surface area contributed by atoms with Crippen LogP contribution in [0.15, 0.2) is 52.3 Å². The minimum Gasteiger partial charge on any atom is -0.480 e. The molecule has 9 nitrogen and oxygen atoms in total. The number of benzene rings is 1. The zero-order chi connectivity index (χ0) is 28.1. The van der Waals surface area contributed by atoms with E-state index in [0.29, 0.717) is 17.5 Å². The van der Waals surface area contributed by atoms with Crippen molar-refractivity contribution in [3.8, 4) is 17.3 Å². The monoisotopic (exact) mass is 518 g/mol. The van der Waals surface area contributed by atoms with E-state index < -0.39 is 36.0 Å². The third-order valence-electron chi connectivity index (χ3n) is 5.93. The van der Waals surface area contributed by atoms with Crippen molar-refractivity contribution in [2.75, 3.05) is 32.1 Å². The van der Waals surface area contributed by atoms with Crippen LogP contribution in [0.1, 0.15) is 10.5 Å². The van der Waals surface area contributed by atoms with Gasteiger partial charge in [0.25, 0.3) is 5.56 Å². The molecule has 5 rings (SSSR count). The molecule has 1 aliphatic rings. The van der Waals surface area contributed by atoms with Gasteiger partial charge in [0, 0.05) is 32.3 Å². The summed E-state index contributed by atoms with van der Waals surface area (Å²) in [4.78, 5) is 37.4. The fourth-order valence-corrected chi connectivity index (χ4v) is 4.42. The standard InChI is InChI=1S/C24H20ClF2N5O4/c1-35-16-5-6-30(12-16)20-9-19-21(22(29-20)36-2)23(33)32(15-7-13(26)10-28-11-15)24(34)31(19)14-3-4-18(27)17(25)8-14/h3-4,7-11,16H,5-6,12H2,1-2H3/t16-/m1/s1/i1D3. The number of fused-ring (bicyclic) bond motifs is 1. The van der Waals surface area contributed by atoms with Crippen molar-refractivity contribution in [1.29, 1.82) is 0 Å². The molecule has 0 aliphatic carbocycles. The lowest BCUT2D eigenvalue weighted by Crippen LogP contribution is -2.39. The van der Waals surface area contributed by atoms with Crippen molar-refractivity contribution >= 4 is 28.3 Å². The van der Waals surface area contributed by atoms with E-state index in [1.165, 1.54) is 25.3 Å². The average molecular weight is 519 g/mol. The van der Waals surface area contributed by atoms with E-state index in [-0.39, 0.29) is 45.5 Å². The first kappa shape index (κ1) is 20.4. The van der Waals surface area contributed by atoms with Crippen LogP contribution in [0, 0.1) is 11.6 Å². The lowest BCUT2D eigenvalue weighted by molar-refractivity contribution is 0.121. The molecule has 36 heavy (non-hydrogen) atoms. The van der Waals surface area contributed by atoms with Crippen molar-refractivity contribution in [2.24, 2.45) is 0 Å². The number of hydrogen-bond acceptors (Lipinski definition) is 7. The van der Waals surface area contributed by atoms with Crippen LogP contribution in [0.25, 0.3) is 22.3 Å². The molecule has 0 saturated carbocycles. The summed E-state index contributed by atoms with van der Waals surface area (Å²) in [5, 5.41) is -0.400. The fraction of sp³-hybridized carbons (Fsp3) is 0.250. The Labute approximate surface area is 212 Å². The van der Waals surface area contributed by atoms with Crippen LogP contribution in [0.2, 0.25) is 5.02 Å². The topological polar surface area (TPSA) is 91.5 Å². The summed E-state index contributed by atoms with van der Waals surface area (Å²) in [6.45, 7) is 0.555. The van der Waals surface area contributed by atoms with E-state index in [0.717, 1.165) is 29.1 Å². The summed E-state index contributed by atoms with van der Waals surface area (Å²) in [6, 6.07) is 5.99. The molecule has 1 aromatic carbocycles. The molecule has 0 radical (unpaired) electrons. The molecule has 0 unspecified atom stereocenters. The van der Waals surface area contributed by atoms with Gasteiger partial charge in [-0.05, 0) is 24.6 Å². The molecule has 186 valence electrons. The quantitative estimate of drug-likeness (QED) is 0.401. The van der Waals surface area contributed by atoms with Gasteiger partial charge in [0.05, 0.1) is 51.6 Å². The molecule has 1 fully saturated rings. The molecule has 12 heteroatoms. The van der Waals surface area contributed by atoms with Crippen LogP contribution in [0.4, 0.5) is 14.6 Å². The summed E-state index contributed by atoms with van der Waals surface area (Å²) in [5.74, 6) is -1.37. The Kier molecular flexibility index (Phi) is 5.27. The average Bonchev–Trinajstić information content (AvgIpc) is 3.32. The minimum absolute atomic E-state index is 0.0512. The molecule has 0 bridgehead atoms. The van der Waals surface area contributed by atoms with Gasteiger partial charge in [-0.15, -0.1) is 0 Å². The van der Waals surface area contributed by atoms with Gasteiger partial charge in [-0.3, -0.25) is 14.3 Å². The summed E-state index contributed by atoms with van der Waals surface area (Å²) in [6.07, 6.45) is 1.85.